The maximum atomic E-state index is 13.3. The van der Waals surface area contributed by atoms with Gasteiger partial charge in [-0.15, -0.1) is 0 Å². The Hall–Kier alpha value is -3.32. The van der Waals surface area contributed by atoms with Crippen LogP contribution in [-0.2, 0) is 4.79 Å². The van der Waals surface area contributed by atoms with Gasteiger partial charge in [0, 0.05) is 10.9 Å². The molecule has 37 heavy (non-hydrogen) atoms. The van der Waals surface area contributed by atoms with E-state index in [4.69, 9.17) is 4.74 Å². The minimum absolute atomic E-state index is 0.148. The molecule has 2 aromatic carbocycles. The third kappa shape index (κ3) is 6.34. The summed E-state index contributed by atoms with van der Waals surface area (Å²) >= 11 is 0. The second kappa shape index (κ2) is 11.4. The normalized spacial score (nSPS) is 17.8. The number of ether oxygens (including phenoxy) is 1. The molecule has 1 saturated carbocycles. The molecule has 1 saturated heterocycles. The van der Waals surface area contributed by atoms with Crippen molar-refractivity contribution in [2.75, 3.05) is 13.1 Å². The van der Waals surface area contributed by atoms with Crippen LogP contribution in [0.25, 0.3) is 10.9 Å². The third-order valence-electron chi connectivity index (χ3n) is 7.70. The average molecular weight is 503 g/mol. The molecule has 2 atom stereocenters. The number of fused-ring (bicyclic) bond motifs is 1. The predicted molar refractivity (Wildman–Crippen MR) is 146 cm³/mol. The van der Waals surface area contributed by atoms with Gasteiger partial charge in [-0.1, -0.05) is 43.2 Å². The smallest absolute Gasteiger partial charge is 0.268 e. The molecular formula is C30H38N4O3. The molecular weight excluding hydrogens is 464 g/mol. The topological polar surface area (TPSA) is 95.2 Å². The van der Waals surface area contributed by atoms with Crippen LogP contribution in [0, 0.1) is 12.8 Å². The molecule has 0 unspecified atom stereocenters. The summed E-state index contributed by atoms with van der Waals surface area (Å²) in [5.41, 5.74) is 3.34. The molecule has 2 aliphatic rings. The predicted octanol–water partition coefficient (Wildman–Crippen LogP) is 4.77. The summed E-state index contributed by atoms with van der Waals surface area (Å²) in [5.74, 6) is 1.14. The van der Waals surface area contributed by atoms with E-state index in [1.165, 1.54) is 12.8 Å². The van der Waals surface area contributed by atoms with Crippen molar-refractivity contribution >= 4 is 22.7 Å². The van der Waals surface area contributed by atoms with Crippen molar-refractivity contribution in [2.24, 2.45) is 5.92 Å². The number of hydrogen-bond donors (Lipinski definition) is 4. The van der Waals surface area contributed by atoms with Crippen molar-refractivity contribution in [1.82, 2.24) is 20.9 Å². The van der Waals surface area contributed by atoms with E-state index in [1.54, 1.807) is 0 Å². The van der Waals surface area contributed by atoms with Gasteiger partial charge in [0.25, 0.3) is 5.91 Å². The van der Waals surface area contributed by atoms with Gasteiger partial charge in [0.15, 0.2) is 0 Å². The summed E-state index contributed by atoms with van der Waals surface area (Å²) in [4.78, 5) is 29.8. The molecule has 4 N–H and O–H groups in total. The molecule has 196 valence electrons. The van der Waals surface area contributed by atoms with Crippen LogP contribution >= 0.6 is 0 Å². The fraction of sp³-hybridized carbons (Fsp3) is 0.467. The Balaban J connectivity index is 1.22. The number of rotatable bonds is 10. The second-order valence-corrected chi connectivity index (χ2v) is 10.6. The van der Waals surface area contributed by atoms with E-state index in [0.717, 1.165) is 60.1 Å². The number of nitrogens with one attached hydrogen (secondary N) is 4. The van der Waals surface area contributed by atoms with E-state index < -0.39 is 6.04 Å². The largest absolute Gasteiger partial charge is 0.490 e. The molecule has 2 fully saturated rings. The van der Waals surface area contributed by atoms with Gasteiger partial charge in [-0.2, -0.15) is 0 Å². The van der Waals surface area contributed by atoms with Crippen LogP contribution < -0.4 is 20.7 Å². The molecule has 1 aliphatic heterocycles. The molecule has 0 spiro atoms. The lowest BCUT2D eigenvalue weighted by Crippen LogP contribution is -2.47. The Bertz CT molecular complexity index is 1230. The quantitative estimate of drug-likeness (QED) is 0.321. The first kappa shape index (κ1) is 25.3. The number of amides is 2. The van der Waals surface area contributed by atoms with Gasteiger partial charge in [0.1, 0.15) is 23.6 Å². The van der Waals surface area contributed by atoms with E-state index in [-0.39, 0.29) is 24.0 Å². The molecule has 5 rings (SSSR count). The second-order valence-electron chi connectivity index (χ2n) is 10.6. The van der Waals surface area contributed by atoms with Crippen LogP contribution in [0.1, 0.15) is 73.1 Å². The maximum absolute atomic E-state index is 13.3. The number of hydrogen-bond acceptors (Lipinski definition) is 4. The molecule has 0 radical (unpaired) electrons. The lowest BCUT2D eigenvalue weighted by atomic mass is 10.0. The summed E-state index contributed by atoms with van der Waals surface area (Å²) in [5, 5.41) is 10.5. The minimum Gasteiger partial charge on any atom is -0.490 e. The zero-order valence-corrected chi connectivity index (χ0v) is 21.8. The van der Waals surface area contributed by atoms with Crippen molar-refractivity contribution in [3.05, 3.63) is 65.4 Å². The Labute approximate surface area is 218 Å². The third-order valence-corrected chi connectivity index (χ3v) is 7.70. The average Bonchev–Trinajstić information content (AvgIpc) is 3.69. The minimum atomic E-state index is -0.580. The summed E-state index contributed by atoms with van der Waals surface area (Å²) in [6.07, 6.45) is 6.29. The standard InChI is InChI=1S/C30H38N4O3/c1-19-25-5-3-4-6-26(25)33-28(19)30(36)34-27(14-9-21-7-8-21)29(35)32-20(2)22-10-12-23(13-11-22)37-24-15-17-31-18-16-24/h3-6,10-13,20-21,24,27,31,33H,7-9,14-18H2,1-2H3,(H,32,35)(H,34,36)/t20-,27+/m1/s1. The van der Waals surface area contributed by atoms with Gasteiger partial charge in [-0.25, -0.2) is 0 Å². The molecule has 7 nitrogen and oxygen atoms in total. The Morgan fingerprint density at radius 1 is 1.00 bits per heavy atom. The number of H-pyrrole nitrogens is 1. The summed E-state index contributed by atoms with van der Waals surface area (Å²) in [6.45, 7) is 5.89. The summed E-state index contributed by atoms with van der Waals surface area (Å²) in [6, 6.07) is 15.1. The molecule has 0 bridgehead atoms. The molecule has 1 aromatic heterocycles. The molecule has 2 heterocycles. The zero-order chi connectivity index (χ0) is 25.8. The highest BCUT2D eigenvalue weighted by Crippen LogP contribution is 2.34. The number of carbonyl (C=O) groups is 2. The fourth-order valence-corrected chi connectivity index (χ4v) is 5.16. The van der Waals surface area contributed by atoms with Crippen molar-refractivity contribution in [1.29, 1.82) is 0 Å². The van der Waals surface area contributed by atoms with Crippen LogP contribution in [0.15, 0.2) is 48.5 Å². The number of aromatic amines is 1. The fourth-order valence-electron chi connectivity index (χ4n) is 5.16. The van der Waals surface area contributed by atoms with Gasteiger partial charge in [0.2, 0.25) is 5.91 Å². The van der Waals surface area contributed by atoms with E-state index in [9.17, 15) is 9.59 Å². The first-order valence-electron chi connectivity index (χ1n) is 13.6. The van der Waals surface area contributed by atoms with E-state index in [0.29, 0.717) is 18.0 Å². The van der Waals surface area contributed by atoms with Crippen molar-refractivity contribution in [3.8, 4) is 5.75 Å². The lowest BCUT2D eigenvalue weighted by molar-refractivity contribution is -0.123. The van der Waals surface area contributed by atoms with Crippen LogP contribution in [0.5, 0.6) is 5.75 Å². The van der Waals surface area contributed by atoms with Gasteiger partial charge in [0.05, 0.1) is 6.04 Å². The molecule has 7 heteroatoms. The molecule has 2 amide bonds. The van der Waals surface area contributed by atoms with Crippen molar-refractivity contribution in [2.45, 2.75) is 70.6 Å². The highest BCUT2D eigenvalue weighted by Gasteiger charge is 2.28. The maximum Gasteiger partial charge on any atom is 0.268 e. The van der Waals surface area contributed by atoms with Gasteiger partial charge in [-0.3, -0.25) is 9.59 Å². The van der Waals surface area contributed by atoms with Crippen LogP contribution in [0.3, 0.4) is 0 Å². The van der Waals surface area contributed by atoms with E-state index in [1.807, 2.05) is 62.4 Å². The van der Waals surface area contributed by atoms with Gasteiger partial charge >= 0.3 is 0 Å². The number of aromatic nitrogens is 1. The number of piperidine rings is 1. The van der Waals surface area contributed by atoms with E-state index in [2.05, 4.69) is 20.9 Å². The number of aryl methyl sites for hydroxylation is 1. The highest BCUT2D eigenvalue weighted by molar-refractivity contribution is 6.02. The van der Waals surface area contributed by atoms with Gasteiger partial charge in [-0.05, 0) is 87.9 Å². The highest BCUT2D eigenvalue weighted by atomic mass is 16.5. The zero-order valence-electron chi connectivity index (χ0n) is 21.8. The van der Waals surface area contributed by atoms with Crippen LogP contribution in [-0.4, -0.2) is 42.0 Å². The molecule has 3 aromatic rings. The number of benzene rings is 2. The van der Waals surface area contributed by atoms with E-state index >= 15 is 0 Å². The first-order chi connectivity index (χ1) is 18.0. The number of carbonyl (C=O) groups excluding carboxylic acids is 2. The van der Waals surface area contributed by atoms with Gasteiger partial charge < -0.3 is 25.7 Å². The van der Waals surface area contributed by atoms with Crippen molar-refractivity contribution in [3.63, 3.8) is 0 Å². The Kier molecular flexibility index (Phi) is 7.79. The number of para-hydroxylation sites is 1. The summed E-state index contributed by atoms with van der Waals surface area (Å²) in [7, 11) is 0. The van der Waals surface area contributed by atoms with Crippen LogP contribution in [0.2, 0.25) is 0 Å². The first-order valence-corrected chi connectivity index (χ1v) is 13.6. The van der Waals surface area contributed by atoms with Crippen LogP contribution in [0.4, 0.5) is 0 Å². The Morgan fingerprint density at radius 2 is 1.73 bits per heavy atom. The Morgan fingerprint density at radius 3 is 2.43 bits per heavy atom. The monoisotopic (exact) mass is 502 g/mol. The summed E-state index contributed by atoms with van der Waals surface area (Å²) < 4.78 is 6.11. The van der Waals surface area contributed by atoms with Crippen molar-refractivity contribution < 1.29 is 14.3 Å². The SMILES string of the molecule is Cc1c(C(=O)N[C@@H](CCC2CC2)C(=O)N[C@H](C)c2ccc(OC3CCNCC3)cc2)[nH]c2ccccc12. The molecule has 1 aliphatic carbocycles. The lowest BCUT2D eigenvalue weighted by Gasteiger charge is -2.24.